The molecule has 0 saturated heterocycles. The molecule has 0 fully saturated rings. The maximum atomic E-state index is 14.3. The first kappa shape index (κ1) is 14.4. The van der Waals surface area contributed by atoms with Crippen LogP contribution in [0.15, 0.2) is 42.5 Å². The summed E-state index contributed by atoms with van der Waals surface area (Å²) in [4.78, 5) is 1.61. The maximum Gasteiger partial charge on any atom is 0.416 e. The molecule has 2 aromatic rings. The molecule has 0 aliphatic carbocycles. The Morgan fingerprint density at radius 1 is 0.900 bits per heavy atom. The Kier molecular flexibility index (Phi) is 3.70. The van der Waals surface area contributed by atoms with Crippen LogP contribution >= 0.6 is 0 Å². The lowest BCUT2D eigenvalue weighted by atomic mass is 10.0. The molecule has 5 heteroatoms. The first-order valence-electron chi connectivity index (χ1n) is 5.94. The Balaban J connectivity index is 2.45. The quantitative estimate of drug-likeness (QED) is 0.729. The van der Waals surface area contributed by atoms with Crippen molar-refractivity contribution in [3.63, 3.8) is 0 Å². The summed E-state index contributed by atoms with van der Waals surface area (Å²) < 4.78 is 51.8. The van der Waals surface area contributed by atoms with Crippen LogP contribution in [0.3, 0.4) is 0 Å². The van der Waals surface area contributed by atoms with E-state index in [9.17, 15) is 17.6 Å². The van der Waals surface area contributed by atoms with Gasteiger partial charge in [-0.3, -0.25) is 0 Å². The van der Waals surface area contributed by atoms with E-state index in [2.05, 4.69) is 0 Å². The number of rotatable bonds is 2. The Morgan fingerprint density at radius 2 is 1.50 bits per heavy atom. The third-order valence-corrected chi connectivity index (χ3v) is 2.98. The molecule has 0 radical (unpaired) electrons. The van der Waals surface area contributed by atoms with Gasteiger partial charge in [-0.15, -0.1) is 0 Å². The highest BCUT2D eigenvalue weighted by Gasteiger charge is 2.30. The average molecular weight is 283 g/mol. The maximum absolute atomic E-state index is 14.3. The average Bonchev–Trinajstić information content (AvgIpc) is 2.38. The molecule has 0 aromatic heterocycles. The lowest BCUT2D eigenvalue weighted by Crippen LogP contribution is -2.11. The monoisotopic (exact) mass is 283 g/mol. The molecule has 2 aromatic carbocycles. The zero-order valence-electron chi connectivity index (χ0n) is 11.0. The number of hydrogen-bond donors (Lipinski definition) is 0. The van der Waals surface area contributed by atoms with Gasteiger partial charge in [-0.05, 0) is 23.8 Å². The topological polar surface area (TPSA) is 3.24 Å². The number of benzene rings is 2. The second-order valence-electron chi connectivity index (χ2n) is 4.61. The van der Waals surface area contributed by atoms with Crippen molar-refractivity contribution in [2.75, 3.05) is 19.0 Å². The van der Waals surface area contributed by atoms with E-state index in [1.54, 1.807) is 37.2 Å². The van der Waals surface area contributed by atoms with Gasteiger partial charge >= 0.3 is 6.18 Å². The van der Waals surface area contributed by atoms with E-state index in [4.69, 9.17) is 0 Å². The molecule has 0 atom stereocenters. The third kappa shape index (κ3) is 2.76. The number of nitrogens with zero attached hydrogens (tertiary/aromatic N) is 1. The van der Waals surface area contributed by atoms with Gasteiger partial charge in [0.1, 0.15) is 0 Å². The Labute approximate surface area is 114 Å². The van der Waals surface area contributed by atoms with Gasteiger partial charge in [0.05, 0.1) is 11.3 Å². The molecule has 0 heterocycles. The molecular formula is C15H13F4N. The van der Waals surface area contributed by atoms with Crippen LogP contribution in [-0.4, -0.2) is 14.1 Å². The minimum Gasteiger partial charge on any atom is -0.375 e. The van der Waals surface area contributed by atoms with Gasteiger partial charge in [0.15, 0.2) is 5.82 Å². The van der Waals surface area contributed by atoms with E-state index in [0.29, 0.717) is 11.3 Å². The van der Waals surface area contributed by atoms with Crippen molar-refractivity contribution >= 4 is 5.69 Å². The van der Waals surface area contributed by atoms with Crippen LogP contribution < -0.4 is 4.90 Å². The molecule has 0 bridgehead atoms. The van der Waals surface area contributed by atoms with Crippen LogP contribution in [0.4, 0.5) is 23.2 Å². The fourth-order valence-electron chi connectivity index (χ4n) is 1.93. The molecule has 0 amide bonds. The zero-order chi connectivity index (χ0) is 14.9. The third-order valence-electron chi connectivity index (χ3n) is 2.98. The van der Waals surface area contributed by atoms with Crippen LogP contribution in [-0.2, 0) is 6.18 Å². The van der Waals surface area contributed by atoms with Crippen LogP contribution in [0.5, 0.6) is 0 Å². The summed E-state index contributed by atoms with van der Waals surface area (Å²) in [6.07, 6.45) is -4.39. The highest BCUT2D eigenvalue weighted by Crippen LogP contribution is 2.33. The minimum absolute atomic E-state index is 0.282. The van der Waals surface area contributed by atoms with E-state index >= 15 is 0 Å². The van der Waals surface area contributed by atoms with E-state index in [1.807, 2.05) is 0 Å². The fraction of sp³-hybridized carbons (Fsp3) is 0.200. The van der Waals surface area contributed by atoms with E-state index < -0.39 is 17.6 Å². The molecule has 2 rings (SSSR count). The lowest BCUT2D eigenvalue weighted by Gasteiger charge is -2.16. The van der Waals surface area contributed by atoms with Crippen LogP contribution in [0.25, 0.3) is 11.1 Å². The molecule has 0 unspecified atom stereocenters. The van der Waals surface area contributed by atoms with Crippen LogP contribution in [0, 0.1) is 5.82 Å². The highest BCUT2D eigenvalue weighted by atomic mass is 19.4. The van der Waals surface area contributed by atoms with Gasteiger partial charge in [-0.1, -0.05) is 24.3 Å². The van der Waals surface area contributed by atoms with Crippen molar-refractivity contribution in [2.24, 2.45) is 0 Å². The Bertz CT molecular complexity index is 600. The predicted molar refractivity (Wildman–Crippen MR) is 71.2 cm³/mol. The van der Waals surface area contributed by atoms with Crippen molar-refractivity contribution < 1.29 is 17.6 Å². The van der Waals surface area contributed by atoms with Crippen LogP contribution in [0.1, 0.15) is 5.56 Å². The second-order valence-corrected chi connectivity index (χ2v) is 4.61. The smallest absolute Gasteiger partial charge is 0.375 e. The molecule has 0 N–H and O–H groups in total. The van der Waals surface area contributed by atoms with Gasteiger partial charge in [-0.25, -0.2) is 4.39 Å². The summed E-state index contributed by atoms with van der Waals surface area (Å²) >= 11 is 0. The lowest BCUT2D eigenvalue weighted by molar-refractivity contribution is -0.137. The summed E-state index contributed by atoms with van der Waals surface area (Å²) in [5, 5.41) is 0. The van der Waals surface area contributed by atoms with Crippen molar-refractivity contribution in [3.8, 4) is 11.1 Å². The molecule has 0 spiro atoms. The zero-order valence-corrected chi connectivity index (χ0v) is 11.0. The fourth-order valence-corrected chi connectivity index (χ4v) is 1.93. The number of hydrogen-bond acceptors (Lipinski definition) is 1. The number of halogens is 4. The summed E-state index contributed by atoms with van der Waals surface area (Å²) in [5.41, 5.74) is 0.344. The number of alkyl halides is 3. The molecule has 106 valence electrons. The molecular weight excluding hydrogens is 270 g/mol. The Hall–Kier alpha value is -2.04. The van der Waals surface area contributed by atoms with E-state index in [1.165, 1.54) is 12.1 Å². The highest BCUT2D eigenvalue weighted by molar-refractivity contribution is 5.69. The van der Waals surface area contributed by atoms with Crippen molar-refractivity contribution in [1.82, 2.24) is 0 Å². The SMILES string of the molecule is CN(C)c1cccc(-c2ccc(C(F)(F)F)cc2)c1F. The summed E-state index contributed by atoms with van der Waals surface area (Å²) in [6.45, 7) is 0. The van der Waals surface area contributed by atoms with E-state index in [-0.39, 0.29) is 5.56 Å². The second kappa shape index (κ2) is 5.15. The first-order chi connectivity index (χ1) is 9.30. The standard InChI is InChI=1S/C15H13F4N/c1-20(2)13-5-3-4-12(14(13)16)10-6-8-11(9-7-10)15(17,18)19/h3-9H,1-2H3. The minimum atomic E-state index is -4.39. The molecule has 0 aliphatic rings. The molecule has 0 saturated carbocycles. The van der Waals surface area contributed by atoms with Crippen molar-refractivity contribution in [2.45, 2.75) is 6.18 Å². The summed E-state index contributed by atoms with van der Waals surface area (Å²) in [6, 6.07) is 9.30. The molecule has 20 heavy (non-hydrogen) atoms. The summed E-state index contributed by atoms with van der Waals surface area (Å²) in [7, 11) is 3.41. The van der Waals surface area contributed by atoms with Crippen molar-refractivity contribution in [3.05, 3.63) is 53.8 Å². The van der Waals surface area contributed by atoms with Crippen LogP contribution in [0.2, 0.25) is 0 Å². The van der Waals surface area contributed by atoms with Crippen molar-refractivity contribution in [1.29, 1.82) is 0 Å². The van der Waals surface area contributed by atoms with E-state index in [0.717, 1.165) is 12.1 Å². The largest absolute Gasteiger partial charge is 0.416 e. The summed E-state index contributed by atoms with van der Waals surface area (Å²) in [5.74, 6) is -0.447. The van der Waals surface area contributed by atoms with Gasteiger partial charge in [-0.2, -0.15) is 13.2 Å². The predicted octanol–water partition coefficient (Wildman–Crippen LogP) is 4.58. The van der Waals surface area contributed by atoms with Gasteiger partial charge in [0.2, 0.25) is 0 Å². The molecule has 1 nitrogen and oxygen atoms in total. The van der Waals surface area contributed by atoms with Gasteiger partial charge in [0.25, 0.3) is 0 Å². The molecule has 0 aliphatic heterocycles. The first-order valence-corrected chi connectivity index (χ1v) is 5.94. The normalized spacial score (nSPS) is 11.5. The number of anilines is 1. The Morgan fingerprint density at radius 3 is 2.00 bits per heavy atom. The van der Waals surface area contributed by atoms with Gasteiger partial charge < -0.3 is 4.90 Å². The van der Waals surface area contributed by atoms with Gasteiger partial charge in [0, 0.05) is 19.7 Å².